The number of hydrogen-bond acceptors (Lipinski definition) is 1. The molecule has 0 saturated heterocycles. The highest BCUT2D eigenvalue weighted by Crippen LogP contribution is 2.38. The van der Waals surface area contributed by atoms with Gasteiger partial charge in [-0.05, 0) is 12.1 Å². The smallest absolute Gasteiger partial charge is 0.152 e. The molecule has 0 aliphatic heterocycles. The molecule has 1 nitrogen and oxygen atoms in total. The molecule has 0 amide bonds. The third-order valence-corrected chi connectivity index (χ3v) is 3.14. The Labute approximate surface area is 111 Å². The van der Waals surface area contributed by atoms with E-state index >= 15 is 0 Å². The Morgan fingerprint density at radius 2 is 1.53 bits per heavy atom. The SMILES string of the molecule is Fc1cncc(F)c1-c1cc(Cl)cc(Cl)c1Cl. The zero-order valence-corrected chi connectivity index (χ0v) is 10.4. The summed E-state index contributed by atoms with van der Waals surface area (Å²) in [5.41, 5.74) is -0.198. The van der Waals surface area contributed by atoms with Gasteiger partial charge in [-0.25, -0.2) is 8.78 Å². The lowest BCUT2D eigenvalue weighted by atomic mass is 10.1. The second kappa shape index (κ2) is 4.77. The molecule has 6 heteroatoms. The Morgan fingerprint density at radius 1 is 0.941 bits per heavy atom. The van der Waals surface area contributed by atoms with Crippen LogP contribution in [0.2, 0.25) is 15.1 Å². The van der Waals surface area contributed by atoms with Crippen molar-refractivity contribution in [1.82, 2.24) is 4.98 Å². The van der Waals surface area contributed by atoms with Gasteiger partial charge in [0.05, 0.1) is 28.0 Å². The van der Waals surface area contributed by atoms with E-state index in [1.54, 1.807) is 0 Å². The fourth-order valence-electron chi connectivity index (χ4n) is 1.41. The lowest BCUT2D eigenvalue weighted by molar-refractivity contribution is 0.579. The van der Waals surface area contributed by atoms with Crippen LogP contribution < -0.4 is 0 Å². The van der Waals surface area contributed by atoms with E-state index in [0.29, 0.717) is 0 Å². The summed E-state index contributed by atoms with van der Waals surface area (Å²) < 4.78 is 27.1. The van der Waals surface area contributed by atoms with Crippen molar-refractivity contribution < 1.29 is 8.78 Å². The first-order chi connectivity index (χ1) is 8.00. The second-order valence-corrected chi connectivity index (χ2v) is 4.45. The molecule has 0 spiro atoms. The van der Waals surface area contributed by atoms with Gasteiger partial charge in [0.1, 0.15) is 0 Å². The number of hydrogen-bond donors (Lipinski definition) is 0. The molecular weight excluding hydrogens is 290 g/mol. The Kier molecular flexibility index (Phi) is 3.52. The molecule has 0 fully saturated rings. The van der Waals surface area contributed by atoms with Crippen LogP contribution in [-0.2, 0) is 0 Å². The van der Waals surface area contributed by atoms with E-state index in [2.05, 4.69) is 4.98 Å². The molecule has 0 saturated carbocycles. The molecule has 88 valence electrons. The molecule has 17 heavy (non-hydrogen) atoms. The van der Waals surface area contributed by atoms with Crippen molar-refractivity contribution in [2.75, 3.05) is 0 Å². The fraction of sp³-hybridized carbons (Fsp3) is 0. The minimum Gasteiger partial charge on any atom is -0.259 e. The van der Waals surface area contributed by atoms with E-state index in [0.717, 1.165) is 12.4 Å². The van der Waals surface area contributed by atoms with Crippen molar-refractivity contribution in [3.8, 4) is 11.1 Å². The van der Waals surface area contributed by atoms with Crippen LogP contribution >= 0.6 is 34.8 Å². The quantitative estimate of drug-likeness (QED) is 0.675. The average molecular weight is 295 g/mol. The van der Waals surface area contributed by atoms with Gasteiger partial charge in [0.2, 0.25) is 0 Å². The highest BCUT2D eigenvalue weighted by Gasteiger charge is 2.17. The van der Waals surface area contributed by atoms with E-state index in [-0.39, 0.29) is 26.2 Å². The summed E-state index contributed by atoms with van der Waals surface area (Å²) in [6.45, 7) is 0. The van der Waals surface area contributed by atoms with Crippen molar-refractivity contribution in [2.45, 2.75) is 0 Å². The molecule has 0 radical (unpaired) electrons. The molecule has 1 heterocycles. The van der Waals surface area contributed by atoms with E-state index in [1.165, 1.54) is 12.1 Å². The van der Waals surface area contributed by atoms with E-state index in [9.17, 15) is 8.78 Å². The zero-order valence-electron chi connectivity index (χ0n) is 8.15. The third kappa shape index (κ3) is 2.37. The first kappa shape index (κ1) is 12.6. The third-order valence-electron chi connectivity index (χ3n) is 2.12. The normalized spacial score (nSPS) is 10.6. The maximum absolute atomic E-state index is 13.5. The second-order valence-electron chi connectivity index (χ2n) is 3.23. The Bertz CT molecular complexity index is 567. The molecule has 2 aromatic rings. The summed E-state index contributed by atoms with van der Waals surface area (Å²) in [6, 6.07) is 2.74. The van der Waals surface area contributed by atoms with Gasteiger partial charge < -0.3 is 0 Å². The van der Waals surface area contributed by atoms with Gasteiger partial charge in [0.25, 0.3) is 0 Å². The van der Waals surface area contributed by atoms with Crippen molar-refractivity contribution in [1.29, 1.82) is 0 Å². The first-order valence-electron chi connectivity index (χ1n) is 4.44. The topological polar surface area (TPSA) is 12.9 Å². The standard InChI is InChI=1S/C11H4Cl3F2N/c12-5-1-6(11(14)7(13)2-5)10-8(15)3-17-4-9(10)16/h1-4H. The lowest BCUT2D eigenvalue weighted by Crippen LogP contribution is -1.93. The Balaban J connectivity index is 2.77. The van der Waals surface area contributed by atoms with Gasteiger partial charge in [-0.2, -0.15) is 0 Å². The molecule has 1 aromatic carbocycles. The van der Waals surface area contributed by atoms with Crippen LogP contribution in [0.5, 0.6) is 0 Å². The Morgan fingerprint density at radius 3 is 2.12 bits per heavy atom. The summed E-state index contributed by atoms with van der Waals surface area (Å²) in [4.78, 5) is 3.39. The number of aromatic nitrogens is 1. The van der Waals surface area contributed by atoms with Crippen molar-refractivity contribution in [2.24, 2.45) is 0 Å². The predicted molar refractivity (Wildman–Crippen MR) is 64.6 cm³/mol. The van der Waals surface area contributed by atoms with Crippen LogP contribution in [0.3, 0.4) is 0 Å². The summed E-state index contributed by atoms with van der Waals surface area (Å²) in [5, 5.41) is 0.412. The van der Waals surface area contributed by atoms with Crippen LogP contribution in [0.4, 0.5) is 8.78 Å². The molecule has 0 N–H and O–H groups in total. The van der Waals surface area contributed by atoms with Gasteiger partial charge >= 0.3 is 0 Å². The molecule has 0 bridgehead atoms. The number of rotatable bonds is 1. The zero-order chi connectivity index (χ0) is 12.6. The van der Waals surface area contributed by atoms with Crippen LogP contribution in [0, 0.1) is 11.6 Å². The first-order valence-corrected chi connectivity index (χ1v) is 5.58. The van der Waals surface area contributed by atoms with Crippen LogP contribution in [0.25, 0.3) is 11.1 Å². The molecule has 0 aliphatic carbocycles. The van der Waals surface area contributed by atoms with Crippen molar-refractivity contribution in [3.05, 3.63) is 51.2 Å². The van der Waals surface area contributed by atoms with Crippen molar-refractivity contribution in [3.63, 3.8) is 0 Å². The summed E-state index contributed by atoms with van der Waals surface area (Å²) in [5.74, 6) is -1.66. The lowest BCUT2D eigenvalue weighted by Gasteiger charge is -2.08. The van der Waals surface area contributed by atoms with E-state index < -0.39 is 11.6 Å². The highest BCUT2D eigenvalue weighted by molar-refractivity contribution is 6.45. The van der Waals surface area contributed by atoms with Gasteiger partial charge in [-0.15, -0.1) is 0 Å². The molecule has 0 aliphatic rings. The molecule has 0 unspecified atom stereocenters. The van der Waals surface area contributed by atoms with E-state index in [1.807, 2.05) is 0 Å². The summed E-state index contributed by atoms with van der Waals surface area (Å²) >= 11 is 17.5. The average Bonchev–Trinajstić information content (AvgIpc) is 2.24. The summed E-state index contributed by atoms with van der Waals surface area (Å²) in [6.07, 6.45) is 1.78. The molecular formula is C11H4Cl3F2N. The monoisotopic (exact) mass is 293 g/mol. The minimum absolute atomic E-state index is 0.0417. The van der Waals surface area contributed by atoms with Gasteiger partial charge in [-0.1, -0.05) is 34.8 Å². The van der Waals surface area contributed by atoms with Gasteiger partial charge in [-0.3, -0.25) is 4.98 Å². The van der Waals surface area contributed by atoms with Crippen LogP contribution in [0.15, 0.2) is 24.5 Å². The number of pyridine rings is 1. The molecule has 0 atom stereocenters. The van der Waals surface area contributed by atoms with E-state index in [4.69, 9.17) is 34.8 Å². The number of benzene rings is 1. The summed E-state index contributed by atoms with van der Waals surface area (Å²) in [7, 11) is 0. The number of nitrogens with zero attached hydrogens (tertiary/aromatic N) is 1. The molecule has 2 rings (SSSR count). The Hall–Kier alpha value is -0.900. The number of halogens is 5. The fourth-order valence-corrected chi connectivity index (χ4v) is 2.10. The predicted octanol–water partition coefficient (Wildman–Crippen LogP) is 4.99. The highest BCUT2D eigenvalue weighted by atomic mass is 35.5. The maximum Gasteiger partial charge on any atom is 0.152 e. The maximum atomic E-state index is 13.5. The van der Waals surface area contributed by atoms with Gasteiger partial charge in [0.15, 0.2) is 11.6 Å². The van der Waals surface area contributed by atoms with Crippen LogP contribution in [0.1, 0.15) is 0 Å². The molecule has 1 aromatic heterocycles. The largest absolute Gasteiger partial charge is 0.259 e. The minimum atomic E-state index is -0.828. The van der Waals surface area contributed by atoms with Crippen LogP contribution in [-0.4, -0.2) is 4.98 Å². The van der Waals surface area contributed by atoms with Gasteiger partial charge in [0, 0.05) is 10.6 Å². The van der Waals surface area contributed by atoms with Crippen molar-refractivity contribution >= 4 is 34.8 Å².